The molecule has 1 heterocycles. The minimum Gasteiger partial charge on any atom is -0.481 e. The summed E-state index contributed by atoms with van der Waals surface area (Å²) in [7, 11) is 0. The van der Waals surface area contributed by atoms with E-state index in [9.17, 15) is 15.0 Å². The number of hydrogen-bond acceptors (Lipinski definition) is 3. The number of para-hydroxylation sites is 1. The number of benzene rings is 1. The molecule has 1 aliphatic rings. The van der Waals surface area contributed by atoms with Crippen LogP contribution in [0.2, 0.25) is 0 Å². The minimum absolute atomic E-state index is 0. The van der Waals surface area contributed by atoms with Gasteiger partial charge in [-0.15, -0.1) is 0 Å². The Morgan fingerprint density at radius 2 is 1.94 bits per heavy atom. The third-order valence-corrected chi connectivity index (χ3v) is 6.12. The summed E-state index contributed by atoms with van der Waals surface area (Å²) >= 11 is 0. The third-order valence-electron chi connectivity index (χ3n) is 6.12. The maximum atomic E-state index is 10.8. The van der Waals surface area contributed by atoms with Crippen molar-refractivity contribution in [1.82, 2.24) is 4.57 Å². The number of aryl methyl sites for hydroxylation is 1. The zero-order valence-electron chi connectivity index (χ0n) is 19.4. The molecule has 0 amide bonds. The van der Waals surface area contributed by atoms with Crippen LogP contribution in [-0.2, 0) is 17.6 Å². The molecule has 0 fully saturated rings. The van der Waals surface area contributed by atoms with Gasteiger partial charge in [0.25, 0.3) is 0 Å². The fourth-order valence-corrected chi connectivity index (χ4v) is 4.50. The first-order valence-corrected chi connectivity index (χ1v) is 11.6. The van der Waals surface area contributed by atoms with Crippen molar-refractivity contribution in [1.29, 1.82) is 0 Å². The molecule has 0 spiro atoms. The molecule has 3 N–H and O–H groups in total. The Balaban J connectivity index is 0.00000363. The second kappa shape index (κ2) is 13.8. The topological polar surface area (TPSA) is 82.7 Å². The molecule has 6 heteroatoms. The van der Waals surface area contributed by atoms with Crippen molar-refractivity contribution in [2.75, 3.05) is 0 Å². The summed E-state index contributed by atoms with van der Waals surface area (Å²) in [6.07, 6.45) is 9.84. The molecule has 1 aromatic heterocycles. The maximum Gasteiger partial charge on any atom is 1.00 e. The zero-order chi connectivity index (χ0) is 22.2. The number of nitrogens with zero attached hydrogens (tertiary/aromatic N) is 1. The fraction of sp³-hybridized carbons (Fsp3) is 0.500. The third kappa shape index (κ3) is 7.39. The number of unbranched alkanes of at least 4 members (excludes halogenated alkanes) is 3. The largest absolute Gasteiger partial charge is 1.00 e. The van der Waals surface area contributed by atoms with Crippen molar-refractivity contribution in [3.63, 3.8) is 0 Å². The number of aliphatic hydroxyl groups is 2. The average molecular weight is 465 g/mol. The Kier molecular flexibility index (Phi) is 11.9. The van der Waals surface area contributed by atoms with Gasteiger partial charge in [-0.05, 0) is 49.4 Å². The quantitative estimate of drug-likeness (QED) is 0.254. The van der Waals surface area contributed by atoms with Gasteiger partial charge in [-0.2, -0.15) is 0 Å². The smallest absolute Gasteiger partial charge is 0.481 e. The number of rotatable bonds is 12. The van der Waals surface area contributed by atoms with Crippen LogP contribution in [0, 0.1) is 0 Å². The molecule has 0 bridgehead atoms. The zero-order valence-corrected chi connectivity index (χ0v) is 22.5. The SMILES string of the molecule is CCCCC[C@H](O)/C=C/[C@@H]1c2cc(CCCCC(=O)O)n(-c3ccccc3)c2C[C@H]1O.[K+]. The van der Waals surface area contributed by atoms with Crippen molar-refractivity contribution in [2.45, 2.75) is 82.8 Å². The van der Waals surface area contributed by atoms with Gasteiger partial charge in [0.1, 0.15) is 0 Å². The Hall–Kier alpha value is -0.734. The summed E-state index contributed by atoms with van der Waals surface area (Å²) in [4.78, 5) is 10.8. The van der Waals surface area contributed by atoms with Crippen LogP contribution in [0.15, 0.2) is 48.6 Å². The summed E-state index contributed by atoms with van der Waals surface area (Å²) in [5.41, 5.74) is 4.44. The first kappa shape index (κ1) is 27.5. The molecule has 32 heavy (non-hydrogen) atoms. The summed E-state index contributed by atoms with van der Waals surface area (Å²) in [5.74, 6) is -0.884. The Morgan fingerprint density at radius 3 is 2.62 bits per heavy atom. The van der Waals surface area contributed by atoms with E-state index in [4.69, 9.17) is 5.11 Å². The molecule has 1 aromatic carbocycles. The van der Waals surface area contributed by atoms with Gasteiger partial charge in [0.05, 0.1) is 12.2 Å². The number of carboxylic acid groups (broad SMARTS) is 1. The molecular weight excluding hydrogens is 429 g/mol. The number of carbonyl (C=O) groups is 1. The number of carboxylic acids is 1. The van der Waals surface area contributed by atoms with E-state index < -0.39 is 18.2 Å². The van der Waals surface area contributed by atoms with Crippen molar-refractivity contribution in [3.05, 3.63) is 65.5 Å². The van der Waals surface area contributed by atoms with E-state index in [1.165, 1.54) is 0 Å². The van der Waals surface area contributed by atoms with E-state index in [1.54, 1.807) is 0 Å². The Morgan fingerprint density at radius 1 is 1.19 bits per heavy atom. The van der Waals surface area contributed by atoms with Gasteiger partial charge >= 0.3 is 57.4 Å². The molecule has 0 saturated carbocycles. The van der Waals surface area contributed by atoms with E-state index >= 15 is 0 Å². The standard InChI is InChI=1S/C26H35NO4.K/c1-2-3-5-13-21(28)15-16-22-23-17-20(12-8-9-14-26(30)31)27(24(23)18-25(22)29)19-10-6-4-7-11-19;/h4,6-7,10-11,15-17,21-22,25,28-29H,2-3,5,8-9,12-14,18H2,1H3,(H,30,31);/q;+1/b16-15+;/t21-,22+,25+;/m0./s1. The second-order valence-electron chi connectivity index (χ2n) is 8.55. The van der Waals surface area contributed by atoms with Crippen LogP contribution in [0.25, 0.3) is 5.69 Å². The molecule has 3 rings (SSSR count). The molecule has 5 nitrogen and oxygen atoms in total. The number of hydrogen-bond donors (Lipinski definition) is 3. The maximum absolute atomic E-state index is 10.8. The normalized spacial score (nSPS) is 18.5. The molecule has 0 unspecified atom stereocenters. The van der Waals surface area contributed by atoms with Gasteiger partial charge in [-0.3, -0.25) is 4.79 Å². The van der Waals surface area contributed by atoms with Gasteiger partial charge in [-0.1, -0.05) is 56.5 Å². The summed E-state index contributed by atoms with van der Waals surface area (Å²) < 4.78 is 2.23. The fourth-order valence-electron chi connectivity index (χ4n) is 4.50. The molecule has 0 aliphatic heterocycles. The van der Waals surface area contributed by atoms with Crippen LogP contribution in [0.1, 0.15) is 74.7 Å². The molecule has 168 valence electrons. The monoisotopic (exact) mass is 464 g/mol. The van der Waals surface area contributed by atoms with E-state index in [1.807, 2.05) is 30.4 Å². The van der Waals surface area contributed by atoms with Crippen molar-refractivity contribution >= 4 is 5.97 Å². The summed E-state index contributed by atoms with van der Waals surface area (Å²) in [6, 6.07) is 12.3. The number of fused-ring (bicyclic) bond motifs is 1. The van der Waals surface area contributed by atoms with E-state index in [2.05, 4.69) is 29.7 Å². The van der Waals surface area contributed by atoms with Crippen LogP contribution in [-0.4, -0.2) is 38.1 Å². The second-order valence-corrected chi connectivity index (χ2v) is 8.55. The average Bonchev–Trinajstić information content (AvgIpc) is 3.24. The minimum atomic E-state index is -0.758. The van der Waals surface area contributed by atoms with Crippen LogP contribution in [0.3, 0.4) is 0 Å². The molecule has 2 aromatic rings. The van der Waals surface area contributed by atoms with Gasteiger partial charge in [0.15, 0.2) is 0 Å². The Bertz CT molecular complexity index is 877. The first-order chi connectivity index (χ1) is 15.0. The van der Waals surface area contributed by atoms with Crippen molar-refractivity contribution in [3.8, 4) is 5.69 Å². The van der Waals surface area contributed by atoms with Crippen molar-refractivity contribution < 1.29 is 71.5 Å². The number of aliphatic carboxylic acids is 1. The van der Waals surface area contributed by atoms with Crippen LogP contribution < -0.4 is 51.4 Å². The van der Waals surface area contributed by atoms with Crippen LogP contribution >= 0.6 is 0 Å². The van der Waals surface area contributed by atoms with Gasteiger partial charge in [-0.25, -0.2) is 0 Å². The van der Waals surface area contributed by atoms with Gasteiger partial charge in [0, 0.05) is 35.8 Å². The van der Waals surface area contributed by atoms with Crippen LogP contribution in [0.5, 0.6) is 0 Å². The van der Waals surface area contributed by atoms with Crippen LogP contribution in [0.4, 0.5) is 0 Å². The summed E-state index contributed by atoms with van der Waals surface area (Å²) in [6.45, 7) is 2.15. The van der Waals surface area contributed by atoms with E-state index in [0.717, 1.165) is 61.2 Å². The van der Waals surface area contributed by atoms with E-state index in [-0.39, 0.29) is 63.7 Å². The number of aromatic nitrogens is 1. The van der Waals surface area contributed by atoms with Gasteiger partial charge in [0.2, 0.25) is 0 Å². The number of aliphatic hydroxyl groups excluding tert-OH is 2. The Labute approximate surface area is 234 Å². The predicted molar refractivity (Wildman–Crippen MR) is 123 cm³/mol. The molecule has 3 atom stereocenters. The van der Waals surface area contributed by atoms with E-state index in [0.29, 0.717) is 12.8 Å². The first-order valence-electron chi connectivity index (χ1n) is 11.6. The summed E-state index contributed by atoms with van der Waals surface area (Å²) in [5, 5.41) is 29.9. The predicted octanol–water partition coefficient (Wildman–Crippen LogP) is 1.78. The van der Waals surface area contributed by atoms with Gasteiger partial charge < -0.3 is 19.9 Å². The molecule has 1 aliphatic carbocycles. The molecule has 0 saturated heterocycles. The molecule has 0 radical (unpaired) electrons. The molecular formula is C26H35KNO4+. The van der Waals surface area contributed by atoms with Crippen molar-refractivity contribution in [2.24, 2.45) is 0 Å².